The summed E-state index contributed by atoms with van der Waals surface area (Å²) in [5.74, 6) is -0.265. The van der Waals surface area contributed by atoms with Crippen LogP contribution in [0.15, 0.2) is 79.4 Å². The van der Waals surface area contributed by atoms with Crippen LogP contribution in [0.2, 0.25) is 10.0 Å². The van der Waals surface area contributed by atoms with Crippen LogP contribution in [0.1, 0.15) is 5.56 Å². The van der Waals surface area contributed by atoms with E-state index in [0.717, 1.165) is 16.7 Å². The van der Waals surface area contributed by atoms with E-state index in [9.17, 15) is 0 Å². The number of benzene rings is 3. The SMILES string of the molecule is Clc1ccc(C2(Cn3ccnc3)OCC(COc3ccc4ccccc4c3)O2)c(Cl)c1.O=[N+]([O-])O. The zero-order chi connectivity index (χ0) is 24.8. The standard InChI is InChI=1S/C24H20Cl2N2O3.HNO3/c25-19-6-8-22(23(26)12-19)24(15-28-10-9-27-16-28)30-14-21(31-24)13-29-20-7-5-17-3-1-2-4-18(17)11-20;2-1(3)4/h1-12,16,21H,13-15H2;(H,2,3,4). The number of fused-ring (bicyclic) bond motifs is 1. The van der Waals surface area contributed by atoms with Crippen LogP contribution < -0.4 is 4.74 Å². The molecule has 1 saturated heterocycles. The molecule has 0 spiro atoms. The fraction of sp³-hybridized carbons (Fsp3) is 0.208. The van der Waals surface area contributed by atoms with Crippen molar-refractivity contribution in [3.63, 3.8) is 0 Å². The first-order chi connectivity index (χ1) is 16.8. The topological polar surface area (TPSA) is 109 Å². The molecule has 1 aromatic heterocycles. The second-order valence-electron chi connectivity index (χ2n) is 7.72. The highest BCUT2D eigenvalue weighted by Crippen LogP contribution is 2.40. The Morgan fingerprint density at radius 1 is 1.17 bits per heavy atom. The van der Waals surface area contributed by atoms with Crippen molar-refractivity contribution in [2.75, 3.05) is 13.2 Å². The first-order valence-corrected chi connectivity index (χ1v) is 11.3. The Balaban J connectivity index is 0.000000672. The number of hydrogen-bond acceptors (Lipinski definition) is 6. The van der Waals surface area contributed by atoms with Gasteiger partial charge in [-0.2, -0.15) is 0 Å². The Kier molecular flexibility index (Phi) is 7.72. The number of hydrogen-bond donors (Lipinski definition) is 1. The molecule has 1 N–H and O–H groups in total. The molecule has 4 aromatic rings. The van der Waals surface area contributed by atoms with Gasteiger partial charge in [0.25, 0.3) is 5.09 Å². The molecule has 2 heterocycles. The highest BCUT2D eigenvalue weighted by molar-refractivity contribution is 6.35. The molecule has 0 amide bonds. The van der Waals surface area contributed by atoms with Gasteiger partial charge in [0.05, 0.1) is 24.5 Å². The van der Waals surface area contributed by atoms with Crippen LogP contribution in [0.5, 0.6) is 5.75 Å². The van der Waals surface area contributed by atoms with E-state index in [1.165, 1.54) is 5.39 Å². The molecule has 0 bridgehead atoms. The average molecular weight is 518 g/mol. The normalized spacial score (nSPS) is 19.2. The summed E-state index contributed by atoms with van der Waals surface area (Å²) in [6.07, 6.45) is 5.03. The van der Waals surface area contributed by atoms with Crippen molar-refractivity contribution in [3.05, 3.63) is 105 Å². The zero-order valence-corrected chi connectivity index (χ0v) is 19.8. The minimum Gasteiger partial charge on any atom is -0.491 e. The lowest BCUT2D eigenvalue weighted by atomic mass is 10.1. The fourth-order valence-corrected chi connectivity index (χ4v) is 4.37. The maximum Gasteiger partial charge on any atom is 0.291 e. The van der Waals surface area contributed by atoms with Crippen molar-refractivity contribution in [2.45, 2.75) is 18.4 Å². The molecule has 11 heteroatoms. The molecule has 2 unspecified atom stereocenters. The lowest BCUT2D eigenvalue weighted by molar-refractivity contribution is -0.742. The molecule has 1 aliphatic heterocycles. The van der Waals surface area contributed by atoms with Gasteiger partial charge in [0.15, 0.2) is 0 Å². The van der Waals surface area contributed by atoms with Gasteiger partial charge >= 0.3 is 0 Å². The third-order valence-corrected chi connectivity index (χ3v) is 5.86. The molecular weight excluding hydrogens is 497 g/mol. The Labute approximate surface area is 210 Å². The highest BCUT2D eigenvalue weighted by atomic mass is 35.5. The Bertz CT molecular complexity index is 1300. The van der Waals surface area contributed by atoms with Crippen molar-refractivity contribution in [1.82, 2.24) is 9.55 Å². The van der Waals surface area contributed by atoms with Crippen molar-refractivity contribution in [3.8, 4) is 5.75 Å². The number of halogens is 2. The highest BCUT2D eigenvalue weighted by Gasteiger charge is 2.45. The van der Waals surface area contributed by atoms with Gasteiger partial charge in [0.2, 0.25) is 5.79 Å². The number of ether oxygens (including phenoxy) is 3. The predicted octanol–water partition coefficient (Wildman–Crippen LogP) is 5.34. The van der Waals surface area contributed by atoms with Gasteiger partial charge < -0.3 is 24.0 Å². The maximum atomic E-state index is 8.36. The lowest BCUT2D eigenvalue weighted by Gasteiger charge is -2.30. The van der Waals surface area contributed by atoms with Crippen LogP contribution in [0.4, 0.5) is 0 Å². The third-order valence-electron chi connectivity index (χ3n) is 5.31. The van der Waals surface area contributed by atoms with E-state index >= 15 is 0 Å². The van der Waals surface area contributed by atoms with Gasteiger partial charge in [0.1, 0.15) is 18.5 Å². The molecular formula is C24H21Cl2N3O6. The van der Waals surface area contributed by atoms with E-state index < -0.39 is 10.9 Å². The molecule has 1 fully saturated rings. The minimum atomic E-state index is -1.50. The first kappa shape index (κ1) is 24.7. The van der Waals surface area contributed by atoms with E-state index in [2.05, 4.69) is 17.1 Å². The summed E-state index contributed by atoms with van der Waals surface area (Å²) in [6.45, 7) is 1.14. The smallest absolute Gasteiger partial charge is 0.291 e. The molecule has 2 atom stereocenters. The van der Waals surface area contributed by atoms with Gasteiger partial charge in [-0.15, -0.1) is 10.1 Å². The van der Waals surface area contributed by atoms with E-state index in [-0.39, 0.29) is 6.10 Å². The first-order valence-electron chi connectivity index (χ1n) is 10.5. The molecule has 35 heavy (non-hydrogen) atoms. The largest absolute Gasteiger partial charge is 0.491 e. The summed E-state index contributed by atoms with van der Waals surface area (Å²) in [5, 5.41) is 17.0. The van der Waals surface area contributed by atoms with E-state index in [4.69, 9.17) is 52.7 Å². The van der Waals surface area contributed by atoms with Gasteiger partial charge in [-0.3, -0.25) is 0 Å². The summed E-state index contributed by atoms with van der Waals surface area (Å²) in [7, 11) is 0. The second kappa shape index (κ2) is 10.9. The van der Waals surface area contributed by atoms with Gasteiger partial charge in [-0.05, 0) is 35.0 Å². The molecule has 182 valence electrons. The van der Waals surface area contributed by atoms with Crippen LogP contribution in [0.3, 0.4) is 0 Å². The van der Waals surface area contributed by atoms with Crippen molar-refractivity contribution >= 4 is 34.0 Å². The number of nitrogens with zero attached hydrogens (tertiary/aromatic N) is 3. The van der Waals surface area contributed by atoms with Gasteiger partial charge in [-0.25, -0.2) is 4.98 Å². The summed E-state index contributed by atoms with van der Waals surface area (Å²) < 4.78 is 20.6. The minimum absolute atomic E-state index is 0.262. The molecule has 0 radical (unpaired) electrons. The van der Waals surface area contributed by atoms with Crippen LogP contribution in [0.25, 0.3) is 10.8 Å². The predicted molar refractivity (Wildman–Crippen MR) is 129 cm³/mol. The summed E-state index contributed by atoms with van der Waals surface area (Å²) in [4.78, 5) is 12.5. The van der Waals surface area contributed by atoms with E-state index in [1.54, 1.807) is 24.7 Å². The summed E-state index contributed by atoms with van der Waals surface area (Å²) >= 11 is 12.6. The molecule has 0 aliphatic carbocycles. The maximum absolute atomic E-state index is 8.36. The van der Waals surface area contributed by atoms with E-state index in [1.807, 2.05) is 47.2 Å². The molecule has 9 nitrogen and oxygen atoms in total. The number of imidazole rings is 1. The van der Waals surface area contributed by atoms with Crippen molar-refractivity contribution in [1.29, 1.82) is 0 Å². The molecule has 3 aromatic carbocycles. The van der Waals surface area contributed by atoms with Gasteiger partial charge in [-0.1, -0.05) is 59.6 Å². The third kappa shape index (κ3) is 6.20. The van der Waals surface area contributed by atoms with Gasteiger partial charge in [0, 0.05) is 23.0 Å². The van der Waals surface area contributed by atoms with Crippen molar-refractivity contribution in [2.24, 2.45) is 0 Å². The summed E-state index contributed by atoms with van der Waals surface area (Å²) in [6, 6.07) is 19.5. The Morgan fingerprint density at radius 2 is 1.94 bits per heavy atom. The molecule has 1 aliphatic rings. The van der Waals surface area contributed by atoms with Crippen LogP contribution in [-0.2, 0) is 21.8 Å². The zero-order valence-electron chi connectivity index (χ0n) is 18.3. The van der Waals surface area contributed by atoms with Crippen LogP contribution in [0, 0.1) is 10.1 Å². The Morgan fingerprint density at radius 3 is 2.66 bits per heavy atom. The monoisotopic (exact) mass is 517 g/mol. The van der Waals surface area contributed by atoms with E-state index in [0.29, 0.717) is 29.8 Å². The quantitative estimate of drug-likeness (QED) is 0.271. The number of aromatic nitrogens is 2. The average Bonchev–Trinajstić information content (AvgIpc) is 3.48. The fourth-order valence-electron chi connectivity index (χ4n) is 3.82. The van der Waals surface area contributed by atoms with Crippen LogP contribution >= 0.6 is 23.2 Å². The molecule has 5 rings (SSSR count). The second-order valence-corrected chi connectivity index (χ2v) is 8.56. The van der Waals surface area contributed by atoms with Crippen molar-refractivity contribution < 1.29 is 24.5 Å². The Hall–Kier alpha value is -3.37. The lowest BCUT2D eigenvalue weighted by Crippen LogP contribution is -2.34. The summed E-state index contributed by atoms with van der Waals surface area (Å²) in [5.41, 5.74) is 0.723. The number of rotatable bonds is 6. The molecule has 0 saturated carbocycles. The van der Waals surface area contributed by atoms with Crippen LogP contribution in [-0.4, -0.2) is 39.2 Å².